The summed E-state index contributed by atoms with van der Waals surface area (Å²) in [5, 5.41) is 11.0. The molecule has 1 aliphatic rings. The Morgan fingerprint density at radius 1 is 1.71 bits per heavy atom. The number of aliphatic hydroxyl groups is 1. The minimum absolute atomic E-state index is 0. The third-order valence-corrected chi connectivity index (χ3v) is 0.697. The molecule has 0 amide bonds. The van der Waals surface area contributed by atoms with Gasteiger partial charge in [0.1, 0.15) is 0 Å². The first-order chi connectivity index (χ1) is 2.89. The Kier molecular flexibility index (Phi) is 3.29. The van der Waals surface area contributed by atoms with Crippen molar-refractivity contribution in [1.29, 1.82) is 0 Å². The average molecular weight is 126 g/mol. The summed E-state index contributed by atoms with van der Waals surface area (Å²) in [4.78, 5) is 0. The number of rotatable bonds is 0. The molecule has 0 aromatic heterocycles. The molecule has 2 N–H and O–H groups in total. The van der Waals surface area contributed by atoms with Gasteiger partial charge in [-0.2, -0.15) is 0 Å². The van der Waals surface area contributed by atoms with Gasteiger partial charge in [0.25, 0.3) is 0 Å². The van der Waals surface area contributed by atoms with Gasteiger partial charge in [-0.15, -0.1) is 12.4 Å². The summed E-state index contributed by atoms with van der Waals surface area (Å²) < 4.78 is 4.60. The van der Waals surface area contributed by atoms with Crippen molar-refractivity contribution < 1.29 is 9.84 Å². The molecule has 1 unspecified atom stereocenters. The molecule has 0 spiro atoms. The molecule has 0 saturated carbocycles. The lowest BCUT2D eigenvalue weighted by molar-refractivity contribution is -0.0719. The fourth-order valence-corrected chi connectivity index (χ4v) is 0.412. The van der Waals surface area contributed by atoms with Gasteiger partial charge in [0.15, 0.2) is 0 Å². The molecule has 1 saturated heterocycles. The third kappa shape index (κ3) is 2.09. The molecular weight excluding hydrogens is 117 g/mol. The summed E-state index contributed by atoms with van der Waals surface area (Å²) in [6.45, 7) is 1.39. The predicted molar refractivity (Wildman–Crippen MR) is 27.2 cm³/mol. The first-order valence-electron chi connectivity index (χ1n) is 1.92. The van der Waals surface area contributed by atoms with Crippen LogP contribution in [-0.2, 0) is 4.74 Å². The van der Waals surface area contributed by atoms with Crippen LogP contribution >= 0.6 is 12.4 Å². The quantitative estimate of drug-likeness (QED) is 0.450. The second kappa shape index (κ2) is 3.21. The van der Waals surface area contributed by atoms with E-state index in [0.29, 0.717) is 6.61 Å². The first-order valence-corrected chi connectivity index (χ1v) is 1.92. The molecule has 4 heteroatoms. The summed E-state index contributed by atoms with van der Waals surface area (Å²) in [5.74, 6) is 0. The van der Waals surface area contributed by atoms with Crippen LogP contribution in [0.4, 0.5) is 0 Å². The van der Waals surface area contributed by atoms with E-state index in [-0.39, 0.29) is 12.4 Å². The topological polar surface area (TPSA) is 41.5 Å². The van der Waals surface area contributed by atoms with Crippen LogP contribution in [0.25, 0.3) is 0 Å². The summed E-state index contributed by atoms with van der Waals surface area (Å²) in [7, 11) is 0. The lowest BCUT2D eigenvalue weighted by atomic mass is 10.7. The van der Waals surface area contributed by atoms with Crippen LogP contribution in [0.3, 0.4) is 0 Å². The van der Waals surface area contributed by atoms with Crippen molar-refractivity contribution in [2.24, 2.45) is 0 Å². The molecule has 1 fully saturated rings. The Morgan fingerprint density at radius 3 is 2.57 bits per heavy atom. The SMILES string of the molecule is Cl.OC1NCCO1. The fraction of sp³-hybridized carbons (Fsp3) is 1.00. The number of hydrogen-bond donors (Lipinski definition) is 2. The fourth-order valence-electron chi connectivity index (χ4n) is 0.412. The number of halogens is 1. The zero-order chi connectivity index (χ0) is 4.41. The highest BCUT2D eigenvalue weighted by molar-refractivity contribution is 5.85. The zero-order valence-electron chi connectivity index (χ0n) is 3.76. The number of nitrogens with one attached hydrogen (secondary N) is 1. The molecule has 1 atom stereocenters. The summed E-state index contributed by atoms with van der Waals surface area (Å²) >= 11 is 0. The van der Waals surface area contributed by atoms with E-state index in [2.05, 4.69) is 10.1 Å². The predicted octanol–water partition coefficient (Wildman–Crippen LogP) is -0.696. The summed E-state index contributed by atoms with van der Waals surface area (Å²) in [6.07, 6.45) is -0.704. The molecule has 0 aromatic rings. The second-order valence-electron chi connectivity index (χ2n) is 1.18. The van der Waals surface area contributed by atoms with Crippen molar-refractivity contribution in [1.82, 2.24) is 5.32 Å². The maximum absolute atomic E-state index is 8.40. The van der Waals surface area contributed by atoms with Gasteiger partial charge in [-0.3, -0.25) is 5.32 Å². The summed E-state index contributed by atoms with van der Waals surface area (Å²) in [6, 6.07) is 0. The van der Waals surface area contributed by atoms with Crippen LogP contribution in [-0.4, -0.2) is 24.7 Å². The smallest absolute Gasteiger partial charge is 0.213 e. The highest BCUT2D eigenvalue weighted by Gasteiger charge is 2.07. The van der Waals surface area contributed by atoms with Crippen molar-refractivity contribution in [3.8, 4) is 0 Å². The number of aliphatic hydroxyl groups excluding tert-OH is 1. The van der Waals surface area contributed by atoms with Gasteiger partial charge in [-0.1, -0.05) is 0 Å². The van der Waals surface area contributed by atoms with E-state index in [1.165, 1.54) is 0 Å². The van der Waals surface area contributed by atoms with E-state index in [1.807, 2.05) is 0 Å². The lowest BCUT2D eigenvalue weighted by Gasteiger charge is -1.94. The third-order valence-electron chi connectivity index (χ3n) is 0.697. The van der Waals surface area contributed by atoms with Crippen LogP contribution in [0.1, 0.15) is 0 Å². The normalized spacial score (nSPS) is 29.6. The largest absolute Gasteiger partial charge is 0.356 e. The molecule has 3 nitrogen and oxygen atoms in total. The highest BCUT2D eigenvalue weighted by atomic mass is 35.5. The van der Waals surface area contributed by atoms with Gasteiger partial charge >= 0.3 is 0 Å². The molecule has 1 heterocycles. The van der Waals surface area contributed by atoms with Gasteiger partial charge in [-0.25, -0.2) is 0 Å². The van der Waals surface area contributed by atoms with Gasteiger partial charge in [-0.05, 0) is 0 Å². The Bertz CT molecular complexity index is 46.2. The van der Waals surface area contributed by atoms with Crippen molar-refractivity contribution in [2.45, 2.75) is 6.41 Å². The van der Waals surface area contributed by atoms with Crippen molar-refractivity contribution >= 4 is 12.4 Å². The van der Waals surface area contributed by atoms with Crippen LogP contribution < -0.4 is 5.32 Å². The van der Waals surface area contributed by atoms with Gasteiger partial charge in [0, 0.05) is 6.54 Å². The number of hydrogen-bond acceptors (Lipinski definition) is 3. The zero-order valence-corrected chi connectivity index (χ0v) is 4.57. The van der Waals surface area contributed by atoms with Crippen molar-refractivity contribution in [2.75, 3.05) is 13.2 Å². The number of ether oxygens (including phenoxy) is 1. The second-order valence-corrected chi connectivity index (χ2v) is 1.18. The molecule has 44 valence electrons. The van der Waals surface area contributed by atoms with E-state index in [1.54, 1.807) is 0 Å². The van der Waals surface area contributed by atoms with Crippen LogP contribution in [0.2, 0.25) is 0 Å². The standard InChI is InChI=1S/C3H7NO2.ClH/c5-3-4-1-2-6-3;/h3-5H,1-2H2;1H. The van der Waals surface area contributed by atoms with E-state index in [4.69, 9.17) is 5.11 Å². The molecule has 1 aliphatic heterocycles. The Hall–Kier alpha value is 0.170. The minimum Gasteiger partial charge on any atom is -0.356 e. The molecule has 0 aromatic carbocycles. The highest BCUT2D eigenvalue weighted by Crippen LogP contribution is 1.86. The maximum Gasteiger partial charge on any atom is 0.213 e. The molecule has 0 radical (unpaired) electrons. The molecule has 0 bridgehead atoms. The molecule has 0 aliphatic carbocycles. The van der Waals surface area contributed by atoms with Gasteiger partial charge < -0.3 is 9.84 Å². The van der Waals surface area contributed by atoms with E-state index in [9.17, 15) is 0 Å². The minimum atomic E-state index is -0.704. The maximum atomic E-state index is 8.40. The van der Waals surface area contributed by atoms with Crippen LogP contribution in [0.5, 0.6) is 0 Å². The molecular formula is C3H8ClNO2. The first kappa shape index (κ1) is 7.17. The Labute approximate surface area is 48.1 Å². The van der Waals surface area contributed by atoms with E-state index in [0.717, 1.165) is 6.54 Å². The van der Waals surface area contributed by atoms with Gasteiger partial charge in [0.2, 0.25) is 6.41 Å². The monoisotopic (exact) mass is 125 g/mol. The molecule has 7 heavy (non-hydrogen) atoms. The van der Waals surface area contributed by atoms with Gasteiger partial charge in [0.05, 0.1) is 6.61 Å². The average Bonchev–Trinajstić information content (AvgIpc) is 1.86. The van der Waals surface area contributed by atoms with Crippen molar-refractivity contribution in [3.05, 3.63) is 0 Å². The van der Waals surface area contributed by atoms with E-state index < -0.39 is 6.41 Å². The Balaban J connectivity index is 0.000000360. The Morgan fingerprint density at radius 2 is 2.43 bits per heavy atom. The van der Waals surface area contributed by atoms with E-state index >= 15 is 0 Å². The van der Waals surface area contributed by atoms with Crippen molar-refractivity contribution in [3.63, 3.8) is 0 Å². The summed E-state index contributed by atoms with van der Waals surface area (Å²) in [5.41, 5.74) is 0. The molecule has 1 rings (SSSR count). The van der Waals surface area contributed by atoms with Crippen LogP contribution in [0.15, 0.2) is 0 Å². The van der Waals surface area contributed by atoms with Crippen LogP contribution in [0, 0.1) is 0 Å². The lowest BCUT2D eigenvalue weighted by Crippen LogP contribution is -2.20.